The molecule has 0 aromatic heterocycles. The lowest BCUT2D eigenvalue weighted by Crippen LogP contribution is -2.46. The standard InChI is InChI=1S/C6H14O.C5H12N2.2C2H6/c1-6(2)4-5-7-3;1-5-4-6-2-3-7-5;2*1-2/h6H,4-5H2,1-3H3;5-7H,2-4H2,1H3;2*1-2H3. The summed E-state index contributed by atoms with van der Waals surface area (Å²) in [6, 6.07) is 0.675. The van der Waals surface area contributed by atoms with E-state index in [0.717, 1.165) is 32.2 Å². The third kappa shape index (κ3) is 24.9. The number of hydrogen-bond acceptors (Lipinski definition) is 3. The summed E-state index contributed by atoms with van der Waals surface area (Å²) in [6.07, 6.45) is 1.18. The third-order valence-corrected chi connectivity index (χ3v) is 2.14. The molecule has 1 aliphatic rings. The zero-order chi connectivity index (χ0) is 14.8. The molecule has 3 nitrogen and oxygen atoms in total. The van der Waals surface area contributed by atoms with Crippen molar-refractivity contribution in [3.63, 3.8) is 0 Å². The lowest BCUT2D eigenvalue weighted by Gasteiger charge is -2.19. The molecular weight excluding hydrogens is 224 g/mol. The van der Waals surface area contributed by atoms with Gasteiger partial charge in [0, 0.05) is 39.4 Å². The van der Waals surface area contributed by atoms with Gasteiger partial charge < -0.3 is 15.4 Å². The van der Waals surface area contributed by atoms with E-state index in [4.69, 9.17) is 4.74 Å². The van der Waals surface area contributed by atoms with Crippen LogP contribution in [0.5, 0.6) is 0 Å². The van der Waals surface area contributed by atoms with Gasteiger partial charge in [-0.15, -0.1) is 0 Å². The van der Waals surface area contributed by atoms with E-state index >= 15 is 0 Å². The molecule has 0 bridgehead atoms. The molecule has 3 heteroatoms. The van der Waals surface area contributed by atoms with Crippen LogP contribution in [0.4, 0.5) is 0 Å². The van der Waals surface area contributed by atoms with E-state index in [2.05, 4.69) is 31.4 Å². The molecule has 0 amide bonds. The Kier molecular flexibility index (Phi) is 28.2. The van der Waals surface area contributed by atoms with Gasteiger partial charge in [-0.2, -0.15) is 0 Å². The lowest BCUT2D eigenvalue weighted by molar-refractivity contribution is 0.183. The van der Waals surface area contributed by atoms with Crippen LogP contribution in [0.15, 0.2) is 0 Å². The van der Waals surface area contributed by atoms with E-state index in [1.807, 2.05) is 27.7 Å². The van der Waals surface area contributed by atoms with Gasteiger partial charge in [0.15, 0.2) is 0 Å². The summed E-state index contributed by atoms with van der Waals surface area (Å²) in [4.78, 5) is 0. The fourth-order valence-corrected chi connectivity index (χ4v) is 1.15. The minimum absolute atomic E-state index is 0.675. The summed E-state index contributed by atoms with van der Waals surface area (Å²) in [5.74, 6) is 0.778. The zero-order valence-corrected chi connectivity index (χ0v) is 14.1. The molecule has 1 heterocycles. The highest BCUT2D eigenvalue weighted by Gasteiger charge is 2.03. The Balaban J connectivity index is -0.000000196. The largest absolute Gasteiger partial charge is 0.385 e. The normalized spacial score (nSPS) is 17.5. The molecule has 1 saturated heterocycles. The summed E-state index contributed by atoms with van der Waals surface area (Å²) < 4.78 is 4.85. The molecule has 1 rings (SSSR count). The lowest BCUT2D eigenvalue weighted by atomic mass is 10.1. The Morgan fingerprint density at radius 3 is 1.83 bits per heavy atom. The van der Waals surface area contributed by atoms with E-state index in [1.54, 1.807) is 7.11 Å². The van der Waals surface area contributed by atoms with Crippen molar-refractivity contribution in [2.24, 2.45) is 5.92 Å². The maximum absolute atomic E-state index is 4.85. The van der Waals surface area contributed by atoms with Gasteiger partial charge in [0.05, 0.1) is 0 Å². The highest BCUT2D eigenvalue weighted by atomic mass is 16.5. The number of ether oxygens (including phenoxy) is 1. The van der Waals surface area contributed by atoms with Gasteiger partial charge in [-0.3, -0.25) is 0 Å². The first-order chi connectivity index (χ1) is 8.66. The Morgan fingerprint density at radius 2 is 1.67 bits per heavy atom. The third-order valence-electron chi connectivity index (χ3n) is 2.14. The molecular formula is C15H38N2O. The van der Waals surface area contributed by atoms with Gasteiger partial charge in [0.2, 0.25) is 0 Å². The Hall–Kier alpha value is -0.120. The predicted molar refractivity (Wildman–Crippen MR) is 84.4 cm³/mol. The second-order valence-electron chi connectivity index (χ2n) is 4.23. The molecule has 114 valence electrons. The van der Waals surface area contributed by atoms with Gasteiger partial charge in [0.1, 0.15) is 0 Å². The molecule has 0 aromatic carbocycles. The second kappa shape index (κ2) is 22.1. The van der Waals surface area contributed by atoms with Crippen LogP contribution in [0.2, 0.25) is 0 Å². The zero-order valence-electron chi connectivity index (χ0n) is 14.1. The molecule has 18 heavy (non-hydrogen) atoms. The first-order valence-electron chi connectivity index (χ1n) is 7.59. The van der Waals surface area contributed by atoms with Crippen LogP contribution in [0.25, 0.3) is 0 Å². The number of nitrogens with one attached hydrogen (secondary N) is 2. The Labute approximate surface area is 116 Å². The smallest absolute Gasteiger partial charge is 0.0464 e. The summed E-state index contributed by atoms with van der Waals surface area (Å²) in [6.45, 7) is 18.9. The summed E-state index contributed by atoms with van der Waals surface area (Å²) in [5, 5.41) is 6.59. The second-order valence-corrected chi connectivity index (χ2v) is 4.23. The monoisotopic (exact) mass is 262 g/mol. The van der Waals surface area contributed by atoms with Gasteiger partial charge in [0.25, 0.3) is 0 Å². The molecule has 0 spiro atoms. The highest BCUT2D eigenvalue weighted by Crippen LogP contribution is 1.96. The fraction of sp³-hybridized carbons (Fsp3) is 1.00. The Morgan fingerprint density at radius 1 is 1.11 bits per heavy atom. The van der Waals surface area contributed by atoms with Gasteiger partial charge in [-0.25, -0.2) is 0 Å². The first-order valence-corrected chi connectivity index (χ1v) is 7.59. The van der Waals surface area contributed by atoms with E-state index in [1.165, 1.54) is 6.42 Å². The van der Waals surface area contributed by atoms with Crippen molar-refractivity contribution in [1.29, 1.82) is 0 Å². The molecule has 1 unspecified atom stereocenters. The van der Waals surface area contributed by atoms with Crippen LogP contribution >= 0.6 is 0 Å². The van der Waals surface area contributed by atoms with Crippen molar-refractivity contribution in [3.05, 3.63) is 0 Å². The van der Waals surface area contributed by atoms with Crippen LogP contribution in [-0.4, -0.2) is 39.4 Å². The highest BCUT2D eigenvalue weighted by molar-refractivity contribution is 4.69. The van der Waals surface area contributed by atoms with Gasteiger partial charge in [-0.05, 0) is 19.3 Å². The van der Waals surface area contributed by atoms with Crippen LogP contribution in [-0.2, 0) is 4.74 Å². The molecule has 0 aromatic rings. The van der Waals surface area contributed by atoms with Crippen molar-refractivity contribution in [2.45, 2.75) is 60.9 Å². The number of piperazine rings is 1. The van der Waals surface area contributed by atoms with Crippen LogP contribution in [0, 0.1) is 5.92 Å². The molecule has 0 aliphatic carbocycles. The van der Waals surface area contributed by atoms with Crippen molar-refractivity contribution in [1.82, 2.24) is 10.6 Å². The quantitative estimate of drug-likeness (QED) is 0.819. The van der Waals surface area contributed by atoms with E-state index in [-0.39, 0.29) is 0 Å². The van der Waals surface area contributed by atoms with Crippen LogP contribution in [0.1, 0.15) is 54.9 Å². The molecule has 0 saturated carbocycles. The summed E-state index contributed by atoms with van der Waals surface area (Å²) in [5.41, 5.74) is 0. The van der Waals surface area contributed by atoms with Crippen molar-refractivity contribution in [3.8, 4) is 0 Å². The maximum atomic E-state index is 4.85. The van der Waals surface area contributed by atoms with Crippen molar-refractivity contribution in [2.75, 3.05) is 33.4 Å². The predicted octanol–water partition coefficient (Wildman–Crippen LogP) is 3.30. The minimum atomic E-state index is 0.675. The fourth-order valence-electron chi connectivity index (χ4n) is 1.15. The number of rotatable bonds is 3. The molecule has 2 N–H and O–H groups in total. The molecule has 1 atom stereocenters. The average molecular weight is 262 g/mol. The van der Waals surface area contributed by atoms with E-state index < -0.39 is 0 Å². The first kappa shape index (κ1) is 23.0. The van der Waals surface area contributed by atoms with Crippen LogP contribution in [0.3, 0.4) is 0 Å². The average Bonchev–Trinajstić information content (AvgIpc) is 2.42. The molecule has 1 fully saturated rings. The van der Waals surface area contributed by atoms with Gasteiger partial charge in [-0.1, -0.05) is 41.5 Å². The number of hydrogen-bond donors (Lipinski definition) is 2. The Bertz CT molecular complexity index is 113. The van der Waals surface area contributed by atoms with E-state index in [9.17, 15) is 0 Å². The molecule has 0 radical (unpaired) electrons. The summed E-state index contributed by atoms with van der Waals surface area (Å²) >= 11 is 0. The van der Waals surface area contributed by atoms with Crippen LogP contribution < -0.4 is 10.6 Å². The van der Waals surface area contributed by atoms with Gasteiger partial charge >= 0.3 is 0 Å². The maximum Gasteiger partial charge on any atom is 0.0464 e. The number of methoxy groups -OCH3 is 1. The van der Waals surface area contributed by atoms with E-state index in [0.29, 0.717) is 6.04 Å². The molecule has 1 aliphatic heterocycles. The topological polar surface area (TPSA) is 33.3 Å². The summed E-state index contributed by atoms with van der Waals surface area (Å²) in [7, 11) is 1.74. The van der Waals surface area contributed by atoms with Crippen molar-refractivity contribution < 1.29 is 4.74 Å². The minimum Gasteiger partial charge on any atom is -0.385 e. The van der Waals surface area contributed by atoms with Crippen molar-refractivity contribution >= 4 is 0 Å². The SMILES string of the molecule is CC.CC.CC1CNCCN1.COCCC(C)C.